The van der Waals surface area contributed by atoms with Crippen molar-refractivity contribution in [2.75, 3.05) is 0 Å². The Balaban J connectivity index is 1.06. The summed E-state index contributed by atoms with van der Waals surface area (Å²) in [5.41, 5.74) is 15.1. The van der Waals surface area contributed by atoms with Crippen LogP contribution in [0.3, 0.4) is 0 Å². The van der Waals surface area contributed by atoms with Crippen molar-refractivity contribution in [3.63, 3.8) is 0 Å². The normalized spacial score (nSPS) is 14.0. The fourth-order valence-electron chi connectivity index (χ4n) is 8.83. The molecule has 0 saturated carbocycles. The number of pyridine rings is 1. The van der Waals surface area contributed by atoms with Gasteiger partial charge in [-0.1, -0.05) is 115 Å². The van der Waals surface area contributed by atoms with Crippen molar-refractivity contribution < 1.29 is 0 Å². The number of benzene rings is 7. The lowest BCUT2D eigenvalue weighted by atomic mass is 9.92. The van der Waals surface area contributed by atoms with Gasteiger partial charge in [0.1, 0.15) is 0 Å². The molecule has 0 amide bonds. The molecule has 1 aliphatic heterocycles. The summed E-state index contributed by atoms with van der Waals surface area (Å²) in [5.74, 6) is 0. The summed E-state index contributed by atoms with van der Waals surface area (Å²) in [6, 6.07) is 63.8. The van der Waals surface area contributed by atoms with Gasteiger partial charge in [0.25, 0.3) is 0 Å². The second kappa shape index (κ2) is 13.2. The van der Waals surface area contributed by atoms with Crippen LogP contribution in [-0.4, -0.2) is 20.3 Å². The number of dihydropyridines is 1. The van der Waals surface area contributed by atoms with Crippen LogP contribution in [0.4, 0.5) is 0 Å². The lowest BCUT2D eigenvalue weighted by Crippen LogP contribution is -2.00. The van der Waals surface area contributed by atoms with E-state index in [0.717, 1.165) is 29.1 Å². The highest BCUT2D eigenvalue weighted by Gasteiger charge is 2.19. The zero-order valence-corrected chi connectivity index (χ0v) is 30.6. The van der Waals surface area contributed by atoms with E-state index in [9.17, 15) is 0 Å². The zero-order chi connectivity index (χ0) is 37.0. The molecule has 0 fully saturated rings. The number of para-hydroxylation sites is 2. The van der Waals surface area contributed by atoms with Crippen LogP contribution in [0, 0.1) is 0 Å². The molecule has 4 heterocycles. The molecule has 0 spiro atoms. The summed E-state index contributed by atoms with van der Waals surface area (Å²) in [6.07, 6.45) is 8.95. The van der Waals surface area contributed by atoms with Gasteiger partial charge in [0, 0.05) is 50.9 Å². The first kappa shape index (κ1) is 32.2. The maximum Gasteiger partial charge on any atom is 0.0789 e. The first-order chi connectivity index (χ1) is 27.8. The van der Waals surface area contributed by atoms with Gasteiger partial charge in [-0.25, -0.2) is 0 Å². The Morgan fingerprint density at radius 1 is 0.446 bits per heavy atom. The third-order valence-electron chi connectivity index (χ3n) is 11.3. The van der Waals surface area contributed by atoms with Crippen molar-refractivity contribution in [1.29, 1.82) is 0 Å². The van der Waals surface area contributed by atoms with Crippen molar-refractivity contribution in [3.8, 4) is 44.9 Å². The predicted molar refractivity (Wildman–Crippen MR) is 234 cm³/mol. The first-order valence-electron chi connectivity index (χ1n) is 19.3. The van der Waals surface area contributed by atoms with Crippen molar-refractivity contribution >= 4 is 49.8 Å². The number of aliphatic imine (C=N–C) groups is 1. The molecule has 4 nitrogen and oxygen atoms in total. The van der Waals surface area contributed by atoms with Gasteiger partial charge in [-0.2, -0.15) is 0 Å². The van der Waals surface area contributed by atoms with Gasteiger partial charge in [-0.3, -0.25) is 9.98 Å². The smallest absolute Gasteiger partial charge is 0.0789 e. The third-order valence-corrected chi connectivity index (χ3v) is 11.3. The van der Waals surface area contributed by atoms with Crippen LogP contribution < -0.4 is 0 Å². The average molecular weight is 717 g/mol. The SMILES string of the molecule is C1=CCC(c2ccccc2-c2ccc3c(c2)c2ccccc2n3-c2cccc(-n3c4ccccc4c4cc(-c5ccccc5-c5ccccn5)ccc43)c2)N=C1. The zero-order valence-electron chi connectivity index (χ0n) is 30.6. The molecule has 1 aliphatic rings. The average Bonchev–Trinajstić information content (AvgIpc) is 3.79. The Labute approximate surface area is 325 Å². The molecule has 10 aromatic rings. The van der Waals surface area contributed by atoms with E-state index in [2.05, 4.69) is 184 Å². The molecule has 264 valence electrons. The Hall–Kier alpha value is -7.30. The number of aromatic nitrogens is 3. The molecule has 0 radical (unpaired) electrons. The van der Waals surface area contributed by atoms with E-state index in [4.69, 9.17) is 4.99 Å². The quantitative estimate of drug-likeness (QED) is 0.169. The summed E-state index contributed by atoms with van der Waals surface area (Å²) in [5, 5.41) is 4.92. The van der Waals surface area contributed by atoms with E-state index in [1.54, 1.807) is 0 Å². The Morgan fingerprint density at radius 2 is 1.02 bits per heavy atom. The molecular formula is C52H36N4. The molecule has 0 saturated heterocycles. The largest absolute Gasteiger partial charge is 0.309 e. The van der Waals surface area contributed by atoms with Crippen molar-refractivity contribution in [1.82, 2.24) is 14.1 Å². The molecule has 1 unspecified atom stereocenters. The molecular weight excluding hydrogens is 681 g/mol. The van der Waals surface area contributed by atoms with E-state index in [0.29, 0.717) is 0 Å². The van der Waals surface area contributed by atoms with Crippen LogP contribution in [0.15, 0.2) is 199 Å². The van der Waals surface area contributed by atoms with Gasteiger partial charge in [-0.05, 0) is 107 Å². The van der Waals surface area contributed by atoms with Crippen molar-refractivity contribution in [2.24, 2.45) is 4.99 Å². The van der Waals surface area contributed by atoms with Crippen LogP contribution in [0.5, 0.6) is 0 Å². The van der Waals surface area contributed by atoms with Crippen LogP contribution >= 0.6 is 0 Å². The molecule has 11 rings (SSSR count). The van der Waals surface area contributed by atoms with E-state index >= 15 is 0 Å². The van der Waals surface area contributed by atoms with Gasteiger partial charge in [0.05, 0.1) is 33.8 Å². The van der Waals surface area contributed by atoms with Gasteiger partial charge < -0.3 is 9.13 Å². The lowest BCUT2D eigenvalue weighted by Gasteiger charge is -2.17. The highest BCUT2D eigenvalue weighted by Crippen LogP contribution is 2.40. The summed E-state index contributed by atoms with van der Waals surface area (Å²) in [6.45, 7) is 0. The lowest BCUT2D eigenvalue weighted by molar-refractivity contribution is 0.742. The number of fused-ring (bicyclic) bond motifs is 6. The predicted octanol–water partition coefficient (Wildman–Crippen LogP) is 13.3. The maximum absolute atomic E-state index is 4.82. The number of hydrogen-bond acceptors (Lipinski definition) is 2. The van der Waals surface area contributed by atoms with Crippen molar-refractivity contribution in [3.05, 3.63) is 200 Å². The van der Waals surface area contributed by atoms with Gasteiger partial charge in [0.15, 0.2) is 0 Å². The summed E-state index contributed by atoms with van der Waals surface area (Å²) >= 11 is 0. The second-order valence-electron chi connectivity index (χ2n) is 14.5. The highest BCUT2D eigenvalue weighted by molar-refractivity contribution is 6.12. The Bertz CT molecular complexity index is 3180. The molecule has 56 heavy (non-hydrogen) atoms. The third kappa shape index (κ3) is 5.22. The maximum atomic E-state index is 4.82. The fourth-order valence-corrected chi connectivity index (χ4v) is 8.83. The molecule has 0 bridgehead atoms. The first-order valence-corrected chi connectivity index (χ1v) is 19.3. The molecule has 1 atom stereocenters. The number of hydrogen-bond donors (Lipinski definition) is 0. The summed E-state index contributed by atoms with van der Waals surface area (Å²) in [4.78, 5) is 9.51. The minimum atomic E-state index is 0.130. The minimum Gasteiger partial charge on any atom is -0.309 e. The Kier molecular flexibility index (Phi) is 7.59. The van der Waals surface area contributed by atoms with Crippen LogP contribution in [-0.2, 0) is 0 Å². The topological polar surface area (TPSA) is 35.1 Å². The van der Waals surface area contributed by atoms with E-state index < -0.39 is 0 Å². The number of rotatable bonds is 6. The van der Waals surface area contributed by atoms with Gasteiger partial charge >= 0.3 is 0 Å². The van der Waals surface area contributed by atoms with Crippen molar-refractivity contribution in [2.45, 2.75) is 12.5 Å². The van der Waals surface area contributed by atoms with Gasteiger partial charge in [-0.15, -0.1) is 0 Å². The second-order valence-corrected chi connectivity index (χ2v) is 14.5. The highest BCUT2D eigenvalue weighted by atomic mass is 15.0. The van der Waals surface area contributed by atoms with E-state index in [1.807, 2.05) is 30.6 Å². The standard InChI is InChI=1S/C52H36N4/c1-3-18-41(47-22-9-11-30-53-47)39(16-1)35-26-28-51-45(32-35)43-20-5-7-24-49(43)55(51)37-14-13-15-38(34-37)56-50-25-8-6-21-44(50)46-33-36(27-29-52(46)56)40-17-2-4-19-42(40)48-23-10-12-31-54-48/h1-22,24-34,48H,23H2. The minimum absolute atomic E-state index is 0.130. The Morgan fingerprint density at radius 3 is 1.66 bits per heavy atom. The molecule has 0 N–H and O–H groups in total. The summed E-state index contributed by atoms with van der Waals surface area (Å²) in [7, 11) is 0. The number of allylic oxidation sites excluding steroid dienone is 1. The summed E-state index contributed by atoms with van der Waals surface area (Å²) < 4.78 is 4.83. The monoisotopic (exact) mass is 716 g/mol. The van der Waals surface area contributed by atoms with E-state index in [1.165, 1.54) is 71.4 Å². The van der Waals surface area contributed by atoms with Crippen LogP contribution in [0.1, 0.15) is 18.0 Å². The molecule has 4 heteroatoms. The molecule has 3 aromatic heterocycles. The number of nitrogens with zero attached hydrogens (tertiary/aromatic N) is 4. The van der Waals surface area contributed by atoms with E-state index in [-0.39, 0.29) is 6.04 Å². The fraction of sp³-hybridized carbons (Fsp3) is 0.0385. The van der Waals surface area contributed by atoms with Crippen LogP contribution in [0.2, 0.25) is 0 Å². The van der Waals surface area contributed by atoms with Gasteiger partial charge in [0.2, 0.25) is 0 Å². The molecule has 0 aliphatic carbocycles. The molecule has 7 aromatic carbocycles. The van der Waals surface area contributed by atoms with Crippen LogP contribution in [0.25, 0.3) is 88.5 Å².